The molecule has 0 aliphatic rings. The maximum absolute atomic E-state index is 12.0. The van der Waals surface area contributed by atoms with Crippen molar-refractivity contribution < 1.29 is 13.5 Å². The lowest BCUT2D eigenvalue weighted by Crippen LogP contribution is -2.25. The highest BCUT2D eigenvalue weighted by atomic mass is 32.2. The Morgan fingerprint density at radius 2 is 2.26 bits per heavy atom. The fraction of sp³-hybridized carbons (Fsp3) is 0.333. The highest BCUT2D eigenvalue weighted by molar-refractivity contribution is 7.89. The summed E-state index contributed by atoms with van der Waals surface area (Å²) in [6.45, 7) is 0.184. The van der Waals surface area contributed by atoms with E-state index in [1.54, 1.807) is 23.0 Å². The summed E-state index contributed by atoms with van der Waals surface area (Å²) in [5, 5.41) is 13.0. The topological polar surface area (TPSA) is 71.3 Å². The van der Waals surface area contributed by atoms with Gasteiger partial charge >= 0.3 is 0 Å². The standard InChI is InChI=1S/C12H16N2O3S2/c1-14-7-12(6-11(14)8-15)19(16,17)13-4-2-10-3-5-18-9-10/h3,5-7,9,13,15H,2,4,8H2,1H3. The highest BCUT2D eigenvalue weighted by Crippen LogP contribution is 2.13. The molecule has 0 aliphatic heterocycles. The van der Waals surface area contributed by atoms with Crippen LogP contribution in [0.1, 0.15) is 11.3 Å². The van der Waals surface area contributed by atoms with Crippen molar-refractivity contribution in [2.75, 3.05) is 6.54 Å². The van der Waals surface area contributed by atoms with Crippen molar-refractivity contribution in [2.24, 2.45) is 7.05 Å². The molecule has 2 rings (SSSR count). The van der Waals surface area contributed by atoms with E-state index in [9.17, 15) is 8.42 Å². The molecule has 0 spiro atoms. The highest BCUT2D eigenvalue weighted by Gasteiger charge is 2.16. The molecule has 0 saturated carbocycles. The van der Waals surface area contributed by atoms with Gasteiger partial charge in [0.25, 0.3) is 0 Å². The molecule has 0 bridgehead atoms. The molecule has 104 valence electrons. The first kappa shape index (κ1) is 14.3. The van der Waals surface area contributed by atoms with Crippen LogP contribution in [0.15, 0.2) is 34.0 Å². The zero-order valence-corrected chi connectivity index (χ0v) is 12.2. The number of aliphatic hydroxyl groups is 1. The quantitative estimate of drug-likeness (QED) is 0.839. The van der Waals surface area contributed by atoms with Gasteiger partial charge in [-0.1, -0.05) is 0 Å². The first-order chi connectivity index (χ1) is 9.03. The molecule has 0 amide bonds. The van der Waals surface area contributed by atoms with E-state index in [1.807, 2.05) is 16.8 Å². The number of hydrogen-bond donors (Lipinski definition) is 2. The molecule has 2 N–H and O–H groups in total. The number of thiophene rings is 1. The van der Waals surface area contributed by atoms with E-state index in [4.69, 9.17) is 5.11 Å². The van der Waals surface area contributed by atoms with Gasteiger partial charge in [-0.15, -0.1) is 0 Å². The minimum Gasteiger partial charge on any atom is -0.390 e. The van der Waals surface area contributed by atoms with Gasteiger partial charge in [-0.05, 0) is 34.9 Å². The molecule has 2 aromatic heterocycles. The Bertz CT molecular complexity index is 630. The van der Waals surface area contributed by atoms with Crippen LogP contribution < -0.4 is 4.72 Å². The zero-order valence-electron chi connectivity index (χ0n) is 10.5. The van der Waals surface area contributed by atoms with Crippen molar-refractivity contribution >= 4 is 21.4 Å². The van der Waals surface area contributed by atoms with E-state index < -0.39 is 10.0 Å². The average molecular weight is 300 g/mol. The number of aliphatic hydroxyl groups excluding tert-OH is 1. The molecule has 5 nitrogen and oxygen atoms in total. The van der Waals surface area contributed by atoms with Crippen LogP contribution in [0.5, 0.6) is 0 Å². The van der Waals surface area contributed by atoms with Gasteiger partial charge in [0.1, 0.15) is 0 Å². The molecule has 2 heterocycles. The third-order valence-corrected chi connectivity index (χ3v) is 5.00. The SMILES string of the molecule is Cn1cc(S(=O)(=O)NCCc2ccsc2)cc1CO. The number of rotatable bonds is 6. The van der Waals surface area contributed by atoms with Crippen molar-refractivity contribution in [3.05, 3.63) is 40.3 Å². The molecular weight excluding hydrogens is 284 g/mol. The van der Waals surface area contributed by atoms with Crippen LogP contribution in [-0.4, -0.2) is 24.6 Å². The molecule has 0 unspecified atom stereocenters. The fourth-order valence-electron chi connectivity index (χ4n) is 1.73. The first-order valence-electron chi connectivity index (χ1n) is 5.80. The summed E-state index contributed by atoms with van der Waals surface area (Å²) < 4.78 is 28.2. The zero-order chi connectivity index (χ0) is 13.9. The van der Waals surface area contributed by atoms with Gasteiger partial charge < -0.3 is 9.67 Å². The normalized spacial score (nSPS) is 11.9. The lowest BCUT2D eigenvalue weighted by atomic mass is 10.2. The van der Waals surface area contributed by atoms with Gasteiger partial charge in [0, 0.05) is 25.5 Å². The summed E-state index contributed by atoms with van der Waals surface area (Å²) >= 11 is 1.59. The second kappa shape index (κ2) is 5.87. The van der Waals surface area contributed by atoms with E-state index in [-0.39, 0.29) is 11.5 Å². The predicted molar refractivity (Wildman–Crippen MR) is 74.5 cm³/mol. The van der Waals surface area contributed by atoms with Gasteiger partial charge in [-0.2, -0.15) is 11.3 Å². The molecule has 7 heteroatoms. The predicted octanol–water partition coefficient (Wildman–Crippen LogP) is 1.10. The number of sulfonamides is 1. The van der Waals surface area contributed by atoms with Crippen molar-refractivity contribution in [3.8, 4) is 0 Å². The van der Waals surface area contributed by atoms with Gasteiger partial charge in [0.05, 0.1) is 11.5 Å². The van der Waals surface area contributed by atoms with Gasteiger partial charge in [0.2, 0.25) is 10.0 Å². The van der Waals surface area contributed by atoms with Gasteiger partial charge in [0.15, 0.2) is 0 Å². The molecule has 0 atom stereocenters. The van der Waals surface area contributed by atoms with Crippen molar-refractivity contribution in [1.29, 1.82) is 0 Å². The van der Waals surface area contributed by atoms with Crippen LogP contribution in [0, 0.1) is 0 Å². The second-order valence-electron chi connectivity index (χ2n) is 4.22. The Labute approximate surface area is 116 Å². The average Bonchev–Trinajstić information content (AvgIpc) is 2.98. The Morgan fingerprint density at radius 3 is 2.84 bits per heavy atom. The van der Waals surface area contributed by atoms with E-state index in [0.29, 0.717) is 18.7 Å². The Balaban J connectivity index is 2.01. The Kier molecular flexibility index (Phi) is 4.41. The summed E-state index contributed by atoms with van der Waals surface area (Å²) in [4.78, 5) is 0.185. The summed E-state index contributed by atoms with van der Waals surface area (Å²) in [5.74, 6) is 0. The molecule has 19 heavy (non-hydrogen) atoms. The number of hydrogen-bond acceptors (Lipinski definition) is 4. The minimum absolute atomic E-state index is 0.180. The third kappa shape index (κ3) is 3.44. The minimum atomic E-state index is -3.50. The molecule has 0 aliphatic carbocycles. The monoisotopic (exact) mass is 300 g/mol. The first-order valence-corrected chi connectivity index (χ1v) is 8.22. The Hall–Kier alpha value is -1.15. The third-order valence-electron chi connectivity index (χ3n) is 2.84. The summed E-state index contributed by atoms with van der Waals surface area (Å²) in [6.07, 6.45) is 2.17. The van der Waals surface area contributed by atoms with Crippen LogP contribution in [0.2, 0.25) is 0 Å². The van der Waals surface area contributed by atoms with E-state index >= 15 is 0 Å². The molecule has 0 fully saturated rings. The van der Waals surface area contributed by atoms with Crippen LogP contribution in [-0.2, 0) is 30.1 Å². The smallest absolute Gasteiger partial charge is 0.242 e. The molecule has 0 aromatic carbocycles. The van der Waals surface area contributed by atoms with Gasteiger partial charge in [-0.3, -0.25) is 0 Å². The molecule has 0 radical (unpaired) electrons. The summed E-state index contributed by atoms with van der Waals surface area (Å²) in [6, 6.07) is 3.46. The summed E-state index contributed by atoms with van der Waals surface area (Å²) in [5.41, 5.74) is 1.69. The number of nitrogens with zero attached hydrogens (tertiary/aromatic N) is 1. The maximum Gasteiger partial charge on any atom is 0.242 e. The van der Waals surface area contributed by atoms with E-state index in [2.05, 4.69) is 4.72 Å². The largest absolute Gasteiger partial charge is 0.390 e. The number of nitrogens with one attached hydrogen (secondary N) is 1. The van der Waals surface area contributed by atoms with Crippen LogP contribution in [0.25, 0.3) is 0 Å². The molecular formula is C12H16N2O3S2. The van der Waals surface area contributed by atoms with Crippen molar-refractivity contribution in [1.82, 2.24) is 9.29 Å². The van der Waals surface area contributed by atoms with Crippen molar-refractivity contribution in [3.63, 3.8) is 0 Å². The van der Waals surface area contributed by atoms with Crippen molar-refractivity contribution in [2.45, 2.75) is 17.9 Å². The second-order valence-corrected chi connectivity index (χ2v) is 6.76. The van der Waals surface area contributed by atoms with Gasteiger partial charge in [-0.25, -0.2) is 13.1 Å². The maximum atomic E-state index is 12.0. The van der Waals surface area contributed by atoms with Crippen LogP contribution >= 0.6 is 11.3 Å². The summed E-state index contributed by atoms with van der Waals surface area (Å²) in [7, 11) is -1.80. The van der Waals surface area contributed by atoms with E-state index in [0.717, 1.165) is 5.56 Å². The molecule has 0 saturated heterocycles. The number of aromatic nitrogens is 1. The Morgan fingerprint density at radius 1 is 1.47 bits per heavy atom. The molecule has 2 aromatic rings. The number of aryl methyl sites for hydroxylation is 1. The fourth-order valence-corrected chi connectivity index (χ4v) is 3.56. The van der Waals surface area contributed by atoms with Crippen LogP contribution in [0.3, 0.4) is 0 Å². The lowest BCUT2D eigenvalue weighted by molar-refractivity contribution is 0.272. The van der Waals surface area contributed by atoms with Crippen LogP contribution in [0.4, 0.5) is 0 Å². The van der Waals surface area contributed by atoms with E-state index in [1.165, 1.54) is 12.3 Å². The lowest BCUT2D eigenvalue weighted by Gasteiger charge is -2.03.